The molecule has 5 nitrogen and oxygen atoms in total. The van der Waals surface area contributed by atoms with Crippen LogP contribution in [-0.2, 0) is 20.9 Å². The van der Waals surface area contributed by atoms with Gasteiger partial charge in [0.1, 0.15) is 0 Å². The summed E-state index contributed by atoms with van der Waals surface area (Å²) < 4.78 is 7.86. The van der Waals surface area contributed by atoms with Crippen LogP contribution in [0.2, 0.25) is 0 Å². The zero-order valence-electron chi connectivity index (χ0n) is 14.4. The molecular weight excluding hydrogens is 396 g/mol. The first-order chi connectivity index (χ1) is 12.5. The fraction of sp³-hybridized carbons (Fsp3) is 0.200. The van der Waals surface area contributed by atoms with Gasteiger partial charge >= 0.3 is 5.97 Å². The molecule has 0 spiro atoms. The van der Waals surface area contributed by atoms with Crippen LogP contribution < -0.4 is 5.32 Å². The molecule has 0 bridgehead atoms. The van der Waals surface area contributed by atoms with E-state index in [1.807, 2.05) is 60.2 Å². The third-order valence-electron chi connectivity index (χ3n) is 4.00. The largest absolute Gasteiger partial charge is 0.456 e. The number of carbonyl (C=O) groups excluding carboxylic acids is 2. The van der Waals surface area contributed by atoms with Gasteiger partial charge in [0.15, 0.2) is 6.61 Å². The molecule has 0 saturated carbocycles. The molecule has 0 aliphatic rings. The van der Waals surface area contributed by atoms with Crippen molar-refractivity contribution in [2.75, 3.05) is 11.9 Å². The number of aryl methyl sites for hydroxylation is 2. The number of halogens is 1. The number of nitrogens with zero attached hydrogens (tertiary/aromatic N) is 1. The highest BCUT2D eigenvalue weighted by Gasteiger charge is 2.10. The van der Waals surface area contributed by atoms with Crippen molar-refractivity contribution in [2.45, 2.75) is 19.9 Å². The molecule has 3 aromatic rings. The lowest BCUT2D eigenvalue weighted by Gasteiger charge is -2.09. The van der Waals surface area contributed by atoms with Crippen molar-refractivity contribution >= 4 is 44.4 Å². The third kappa shape index (κ3) is 4.52. The van der Waals surface area contributed by atoms with Gasteiger partial charge in [-0.2, -0.15) is 0 Å². The molecule has 0 fully saturated rings. The number of ether oxygens (including phenoxy) is 1. The minimum atomic E-state index is -0.402. The van der Waals surface area contributed by atoms with Crippen molar-refractivity contribution in [1.82, 2.24) is 4.57 Å². The molecule has 1 N–H and O–H groups in total. The van der Waals surface area contributed by atoms with Crippen LogP contribution in [0.5, 0.6) is 0 Å². The van der Waals surface area contributed by atoms with Gasteiger partial charge in [-0.1, -0.05) is 24.3 Å². The molecule has 0 unspecified atom stereocenters. The average Bonchev–Trinajstić information content (AvgIpc) is 3.04. The lowest BCUT2D eigenvalue weighted by Crippen LogP contribution is -2.21. The number of rotatable bonds is 6. The van der Waals surface area contributed by atoms with E-state index in [2.05, 4.69) is 21.2 Å². The summed E-state index contributed by atoms with van der Waals surface area (Å²) in [4.78, 5) is 23.9. The summed E-state index contributed by atoms with van der Waals surface area (Å²) in [5, 5.41) is 3.85. The van der Waals surface area contributed by atoms with Gasteiger partial charge in [0.05, 0.1) is 12.1 Å². The summed E-state index contributed by atoms with van der Waals surface area (Å²) in [7, 11) is 0. The van der Waals surface area contributed by atoms with Crippen LogP contribution in [0.25, 0.3) is 10.9 Å². The van der Waals surface area contributed by atoms with Gasteiger partial charge in [0.2, 0.25) is 0 Å². The van der Waals surface area contributed by atoms with Crippen molar-refractivity contribution < 1.29 is 14.3 Å². The normalized spacial score (nSPS) is 10.7. The Hall–Kier alpha value is -2.60. The van der Waals surface area contributed by atoms with Gasteiger partial charge in [-0.3, -0.25) is 9.59 Å². The molecule has 1 amide bonds. The number of esters is 1. The molecule has 2 aromatic carbocycles. The Labute approximate surface area is 160 Å². The SMILES string of the molecule is Cc1ccc(NC(=O)COC(=O)CCn2ccc3ccccc32)c(Br)c1. The minimum Gasteiger partial charge on any atom is -0.456 e. The standard InChI is InChI=1S/C20H19BrN2O3/c1-14-6-7-17(16(21)12-14)22-19(24)13-26-20(25)9-11-23-10-8-15-4-2-3-5-18(15)23/h2-8,10,12H,9,11,13H2,1H3,(H,22,24). The van der Waals surface area contributed by atoms with Gasteiger partial charge in [-0.05, 0) is 58.1 Å². The smallest absolute Gasteiger partial charge is 0.308 e. The highest BCUT2D eigenvalue weighted by Crippen LogP contribution is 2.23. The second-order valence-corrected chi connectivity index (χ2v) is 6.86. The van der Waals surface area contributed by atoms with E-state index in [1.165, 1.54) is 0 Å². The van der Waals surface area contributed by atoms with Gasteiger partial charge in [-0.15, -0.1) is 0 Å². The molecule has 6 heteroatoms. The molecule has 1 aromatic heterocycles. The van der Waals surface area contributed by atoms with Crippen LogP contribution in [-0.4, -0.2) is 23.1 Å². The lowest BCUT2D eigenvalue weighted by atomic mass is 10.2. The number of aromatic nitrogens is 1. The van der Waals surface area contributed by atoms with E-state index in [1.54, 1.807) is 6.07 Å². The quantitative estimate of drug-likeness (QED) is 0.612. The second kappa shape index (κ2) is 8.19. The van der Waals surface area contributed by atoms with E-state index in [4.69, 9.17) is 4.74 Å². The van der Waals surface area contributed by atoms with Crippen molar-refractivity contribution in [3.63, 3.8) is 0 Å². The molecule has 1 heterocycles. The topological polar surface area (TPSA) is 60.3 Å². The van der Waals surface area contributed by atoms with E-state index < -0.39 is 5.97 Å². The molecule has 0 aliphatic carbocycles. The maximum Gasteiger partial charge on any atom is 0.308 e. The predicted octanol–water partition coefficient (Wildman–Crippen LogP) is 4.28. The summed E-state index contributed by atoms with van der Waals surface area (Å²) >= 11 is 3.40. The first-order valence-corrected chi connectivity index (χ1v) is 9.08. The Morgan fingerprint density at radius 3 is 2.77 bits per heavy atom. The van der Waals surface area contributed by atoms with E-state index in [9.17, 15) is 9.59 Å². The van der Waals surface area contributed by atoms with Crippen LogP contribution in [0.1, 0.15) is 12.0 Å². The van der Waals surface area contributed by atoms with Gasteiger partial charge in [0, 0.05) is 22.7 Å². The number of hydrogen-bond donors (Lipinski definition) is 1. The summed E-state index contributed by atoms with van der Waals surface area (Å²) in [5.41, 5.74) is 2.80. The zero-order chi connectivity index (χ0) is 18.5. The highest BCUT2D eigenvalue weighted by atomic mass is 79.9. The fourth-order valence-corrected chi connectivity index (χ4v) is 3.27. The average molecular weight is 415 g/mol. The maximum absolute atomic E-state index is 11.9. The molecule has 0 radical (unpaired) electrons. The summed E-state index contributed by atoms with van der Waals surface area (Å²) in [6.07, 6.45) is 2.15. The van der Waals surface area contributed by atoms with Gasteiger partial charge in [0.25, 0.3) is 5.91 Å². The molecule has 0 saturated heterocycles. The van der Waals surface area contributed by atoms with E-state index in [0.29, 0.717) is 12.2 Å². The lowest BCUT2D eigenvalue weighted by molar-refractivity contribution is -0.147. The highest BCUT2D eigenvalue weighted by molar-refractivity contribution is 9.10. The fourth-order valence-electron chi connectivity index (χ4n) is 2.67. The number of hydrogen-bond acceptors (Lipinski definition) is 3. The number of carbonyl (C=O) groups is 2. The van der Waals surface area contributed by atoms with Crippen molar-refractivity contribution in [3.8, 4) is 0 Å². The van der Waals surface area contributed by atoms with E-state index >= 15 is 0 Å². The molecule has 26 heavy (non-hydrogen) atoms. The number of amides is 1. The van der Waals surface area contributed by atoms with E-state index in [0.717, 1.165) is 20.9 Å². The Balaban J connectivity index is 1.47. The van der Waals surface area contributed by atoms with Crippen LogP contribution >= 0.6 is 15.9 Å². The van der Waals surface area contributed by atoms with Crippen LogP contribution in [0.4, 0.5) is 5.69 Å². The number of para-hydroxylation sites is 1. The third-order valence-corrected chi connectivity index (χ3v) is 4.66. The van der Waals surface area contributed by atoms with Crippen LogP contribution in [0.15, 0.2) is 59.2 Å². The molecule has 0 atom stereocenters. The summed E-state index contributed by atoms with van der Waals surface area (Å²) in [6.45, 7) is 2.18. The Morgan fingerprint density at radius 1 is 1.15 bits per heavy atom. The van der Waals surface area contributed by atoms with Crippen molar-refractivity contribution in [3.05, 3.63) is 64.8 Å². The van der Waals surface area contributed by atoms with Crippen molar-refractivity contribution in [2.24, 2.45) is 0 Å². The van der Waals surface area contributed by atoms with Gasteiger partial charge < -0.3 is 14.6 Å². The molecular formula is C20H19BrN2O3. The maximum atomic E-state index is 11.9. The Kier molecular flexibility index (Phi) is 5.73. The van der Waals surface area contributed by atoms with Crippen molar-refractivity contribution in [1.29, 1.82) is 0 Å². The van der Waals surface area contributed by atoms with Gasteiger partial charge in [-0.25, -0.2) is 0 Å². The molecule has 3 rings (SSSR count). The number of benzene rings is 2. The monoisotopic (exact) mass is 414 g/mol. The van der Waals surface area contributed by atoms with Crippen LogP contribution in [0, 0.1) is 6.92 Å². The number of fused-ring (bicyclic) bond motifs is 1. The first-order valence-electron chi connectivity index (χ1n) is 8.28. The zero-order valence-corrected chi connectivity index (χ0v) is 16.0. The Morgan fingerprint density at radius 2 is 1.96 bits per heavy atom. The van der Waals surface area contributed by atoms with Crippen LogP contribution in [0.3, 0.4) is 0 Å². The Bertz CT molecular complexity index is 949. The first kappa shape index (κ1) is 18.2. The number of nitrogens with one attached hydrogen (secondary N) is 1. The molecule has 134 valence electrons. The minimum absolute atomic E-state index is 0.209. The molecule has 0 aliphatic heterocycles. The predicted molar refractivity (Wildman–Crippen MR) is 105 cm³/mol. The summed E-state index contributed by atoms with van der Waals surface area (Å²) in [6, 6.07) is 15.6. The second-order valence-electron chi connectivity index (χ2n) is 6.01. The number of anilines is 1. The summed E-state index contributed by atoms with van der Waals surface area (Å²) in [5.74, 6) is -0.768. The van der Waals surface area contributed by atoms with E-state index in [-0.39, 0.29) is 18.9 Å².